The molecule has 0 aliphatic heterocycles. The summed E-state index contributed by atoms with van der Waals surface area (Å²) in [5, 5.41) is 0.826. The van der Waals surface area contributed by atoms with E-state index in [2.05, 4.69) is 29.8 Å². The highest BCUT2D eigenvalue weighted by Crippen LogP contribution is 2.27. The van der Waals surface area contributed by atoms with Crippen molar-refractivity contribution in [2.24, 2.45) is 5.92 Å². The zero-order valence-corrected chi connectivity index (χ0v) is 13.1. The highest BCUT2D eigenvalue weighted by Gasteiger charge is 2.28. The lowest BCUT2D eigenvalue weighted by molar-refractivity contribution is -0.135. The number of halogens is 1. The zero-order chi connectivity index (χ0) is 12.9. The van der Waals surface area contributed by atoms with Gasteiger partial charge >= 0.3 is 0 Å². The average molecular weight is 304 g/mol. The Morgan fingerprint density at radius 1 is 1.24 bits per heavy atom. The van der Waals surface area contributed by atoms with E-state index in [0.29, 0.717) is 11.8 Å². The van der Waals surface area contributed by atoms with Gasteiger partial charge < -0.3 is 4.90 Å². The number of carbonyl (C=O) groups is 1. The van der Waals surface area contributed by atoms with Crippen LogP contribution in [0.2, 0.25) is 0 Å². The van der Waals surface area contributed by atoms with E-state index in [1.54, 1.807) is 0 Å². The normalized spacial score (nSPS) is 18.8. The summed E-state index contributed by atoms with van der Waals surface area (Å²) in [6.45, 7) is 4.21. The van der Waals surface area contributed by atoms with Crippen LogP contribution in [0, 0.1) is 5.92 Å². The van der Waals surface area contributed by atoms with Crippen molar-refractivity contribution in [3.8, 4) is 0 Å². The van der Waals surface area contributed by atoms with Gasteiger partial charge in [-0.15, -0.1) is 0 Å². The van der Waals surface area contributed by atoms with E-state index in [9.17, 15) is 4.79 Å². The summed E-state index contributed by atoms with van der Waals surface area (Å²) in [5.41, 5.74) is -0.0815. The number of hydrogen-bond donors (Lipinski definition) is 0. The second kappa shape index (κ2) is 6.77. The molecule has 100 valence electrons. The first-order valence-corrected chi connectivity index (χ1v) is 7.92. The van der Waals surface area contributed by atoms with Gasteiger partial charge in [0, 0.05) is 24.3 Å². The van der Waals surface area contributed by atoms with Crippen molar-refractivity contribution in [2.45, 2.75) is 64.3 Å². The van der Waals surface area contributed by atoms with Crippen LogP contribution in [0.25, 0.3) is 0 Å². The molecule has 0 N–H and O–H groups in total. The molecule has 1 fully saturated rings. The fraction of sp³-hybridized carbons (Fsp3) is 0.929. The Bertz CT molecular complexity index is 245. The van der Waals surface area contributed by atoms with E-state index in [1.165, 1.54) is 38.5 Å². The van der Waals surface area contributed by atoms with Gasteiger partial charge in [-0.3, -0.25) is 4.79 Å². The highest BCUT2D eigenvalue weighted by atomic mass is 79.9. The predicted octanol–water partition coefficient (Wildman–Crippen LogP) is 3.98. The van der Waals surface area contributed by atoms with Gasteiger partial charge in [0.05, 0.1) is 0 Å². The summed E-state index contributed by atoms with van der Waals surface area (Å²) >= 11 is 3.48. The Hall–Kier alpha value is -0.0500. The SMILES string of the molecule is CN(C(=O)CC1CCCCCC1)C(C)(C)CBr. The van der Waals surface area contributed by atoms with E-state index in [4.69, 9.17) is 0 Å². The van der Waals surface area contributed by atoms with Crippen molar-refractivity contribution >= 4 is 21.8 Å². The van der Waals surface area contributed by atoms with Crippen LogP contribution in [-0.4, -0.2) is 28.7 Å². The maximum Gasteiger partial charge on any atom is 0.223 e. The van der Waals surface area contributed by atoms with Crippen LogP contribution in [0.4, 0.5) is 0 Å². The van der Waals surface area contributed by atoms with E-state index in [-0.39, 0.29) is 5.54 Å². The van der Waals surface area contributed by atoms with Crippen LogP contribution in [0.1, 0.15) is 58.8 Å². The molecular weight excluding hydrogens is 278 g/mol. The Morgan fingerprint density at radius 2 is 1.76 bits per heavy atom. The first kappa shape index (κ1) is 15.0. The van der Waals surface area contributed by atoms with Crippen LogP contribution in [-0.2, 0) is 4.79 Å². The molecule has 1 aliphatic carbocycles. The van der Waals surface area contributed by atoms with Crippen molar-refractivity contribution in [1.29, 1.82) is 0 Å². The molecule has 1 rings (SSSR count). The third-order valence-electron chi connectivity index (χ3n) is 4.05. The van der Waals surface area contributed by atoms with E-state index >= 15 is 0 Å². The van der Waals surface area contributed by atoms with Crippen LogP contribution >= 0.6 is 15.9 Å². The molecular formula is C14H26BrNO. The van der Waals surface area contributed by atoms with Gasteiger partial charge in [0.15, 0.2) is 0 Å². The van der Waals surface area contributed by atoms with Crippen molar-refractivity contribution in [3.63, 3.8) is 0 Å². The Morgan fingerprint density at radius 3 is 2.24 bits per heavy atom. The quantitative estimate of drug-likeness (QED) is 0.568. The molecule has 0 radical (unpaired) electrons. The third kappa shape index (κ3) is 4.61. The Labute approximate surface area is 114 Å². The third-order valence-corrected chi connectivity index (χ3v) is 5.42. The average Bonchev–Trinajstić information content (AvgIpc) is 2.56. The number of alkyl halides is 1. The van der Waals surface area contributed by atoms with Crippen LogP contribution in [0.3, 0.4) is 0 Å². The highest BCUT2D eigenvalue weighted by molar-refractivity contribution is 9.09. The molecule has 17 heavy (non-hydrogen) atoms. The molecule has 1 amide bonds. The molecule has 0 aromatic carbocycles. The van der Waals surface area contributed by atoms with Crippen LogP contribution in [0.15, 0.2) is 0 Å². The molecule has 2 nitrogen and oxygen atoms in total. The lowest BCUT2D eigenvalue weighted by Crippen LogP contribution is -2.46. The molecule has 0 bridgehead atoms. The van der Waals surface area contributed by atoms with Crippen molar-refractivity contribution in [3.05, 3.63) is 0 Å². The lowest BCUT2D eigenvalue weighted by Gasteiger charge is -2.35. The lowest BCUT2D eigenvalue weighted by atomic mass is 9.95. The largest absolute Gasteiger partial charge is 0.340 e. The maximum absolute atomic E-state index is 12.2. The Balaban J connectivity index is 2.47. The standard InChI is InChI=1S/C14H26BrNO/c1-14(2,11-15)16(3)13(17)10-12-8-6-4-5-7-9-12/h12H,4-11H2,1-3H3. The molecule has 0 heterocycles. The molecule has 1 saturated carbocycles. The molecule has 1 aliphatic rings. The number of amides is 1. The zero-order valence-electron chi connectivity index (χ0n) is 11.5. The van der Waals surface area contributed by atoms with E-state index in [1.807, 2.05) is 11.9 Å². The summed E-state index contributed by atoms with van der Waals surface area (Å²) in [7, 11) is 1.93. The summed E-state index contributed by atoms with van der Waals surface area (Å²) in [6.07, 6.45) is 8.56. The minimum Gasteiger partial charge on any atom is -0.340 e. The smallest absolute Gasteiger partial charge is 0.223 e. The van der Waals surface area contributed by atoms with Crippen molar-refractivity contribution in [2.75, 3.05) is 12.4 Å². The number of hydrogen-bond acceptors (Lipinski definition) is 1. The summed E-state index contributed by atoms with van der Waals surface area (Å²) in [6, 6.07) is 0. The van der Waals surface area contributed by atoms with Crippen molar-refractivity contribution < 1.29 is 4.79 Å². The topological polar surface area (TPSA) is 20.3 Å². The predicted molar refractivity (Wildman–Crippen MR) is 76.5 cm³/mol. The van der Waals surface area contributed by atoms with Gasteiger partial charge in [-0.25, -0.2) is 0 Å². The maximum atomic E-state index is 12.2. The fourth-order valence-corrected chi connectivity index (χ4v) is 2.76. The minimum absolute atomic E-state index is 0.0815. The molecule has 0 atom stereocenters. The number of nitrogens with zero attached hydrogens (tertiary/aromatic N) is 1. The van der Waals surface area contributed by atoms with Gasteiger partial charge in [-0.2, -0.15) is 0 Å². The molecule has 0 aromatic heterocycles. The van der Waals surface area contributed by atoms with Gasteiger partial charge in [-0.05, 0) is 32.6 Å². The van der Waals surface area contributed by atoms with Gasteiger partial charge in [0.25, 0.3) is 0 Å². The van der Waals surface area contributed by atoms with E-state index in [0.717, 1.165) is 11.8 Å². The molecule has 0 aromatic rings. The molecule has 0 unspecified atom stereocenters. The minimum atomic E-state index is -0.0815. The van der Waals surface area contributed by atoms with Crippen molar-refractivity contribution in [1.82, 2.24) is 4.90 Å². The monoisotopic (exact) mass is 303 g/mol. The van der Waals surface area contributed by atoms with E-state index < -0.39 is 0 Å². The second-order valence-corrected chi connectivity index (χ2v) is 6.52. The van der Waals surface area contributed by atoms with Crippen LogP contribution < -0.4 is 0 Å². The number of carbonyl (C=O) groups excluding carboxylic acids is 1. The summed E-state index contributed by atoms with van der Waals surface area (Å²) in [4.78, 5) is 14.1. The first-order valence-electron chi connectivity index (χ1n) is 6.80. The number of rotatable bonds is 4. The Kier molecular flexibility index (Phi) is 5.98. The molecule has 0 spiro atoms. The second-order valence-electron chi connectivity index (χ2n) is 5.96. The molecule has 3 heteroatoms. The van der Waals surface area contributed by atoms with Gasteiger partial charge in [0.1, 0.15) is 0 Å². The summed E-state index contributed by atoms with van der Waals surface area (Å²) in [5.74, 6) is 0.930. The fourth-order valence-electron chi connectivity index (χ4n) is 2.38. The van der Waals surface area contributed by atoms with Gasteiger partial charge in [-0.1, -0.05) is 41.6 Å². The van der Waals surface area contributed by atoms with Crippen LogP contribution in [0.5, 0.6) is 0 Å². The summed E-state index contributed by atoms with van der Waals surface area (Å²) < 4.78 is 0. The first-order chi connectivity index (χ1) is 7.97. The van der Waals surface area contributed by atoms with Gasteiger partial charge in [0.2, 0.25) is 5.91 Å². The molecule has 0 saturated heterocycles.